The van der Waals surface area contributed by atoms with Crippen LogP contribution in [0.3, 0.4) is 0 Å². The van der Waals surface area contributed by atoms with E-state index < -0.39 is 10.0 Å². The Balaban J connectivity index is 1.77. The zero-order valence-electron chi connectivity index (χ0n) is 14.1. The molecule has 1 aromatic heterocycles. The van der Waals surface area contributed by atoms with Crippen molar-refractivity contribution in [2.24, 2.45) is 0 Å². The molecule has 1 aromatic carbocycles. The topological polar surface area (TPSA) is 66.5 Å². The number of carbonyl (C=O) groups excluding carboxylic acids is 1. The number of benzene rings is 1. The normalized spacial score (nSPS) is 17.2. The minimum Gasteiger partial charge on any atom is -0.345 e. The molecule has 0 unspecified atom stereocenters. The van der Waals surface area contributed by atoms with Gasteiger partial charge in [-0.05, 0) is 49.4 Å². The quantitative estimate of drug-likeness (QED) is 0.867. The van der Waals surface area contributed by atoms with Gasteiger partial charge >= 0.3 is 0 Å². The largest absolute Gasteiger partial charge is 0.345 e. The maximum atomic E-state index is 12.8. The molecule has 0 spiro atoms. The second-order valence-electron chi connectivity index (χ2n) is 6.20. The van der Waals surface area contributed by atoms with Gasteiger partial charge in [-0.3, -0.25) is 4.79 Å². The molecule has 1 aliphatic rings. The number of hydrogen-bond donors (Lipinski definition) is 1. The van der Waals surface area contributed by atoms with Gasteiger partial charge in [0.2, 0.25) is 10.0 Å². The fraction of sp³-hybridized carbons (Fsp3) is 0.389. The number of sulfonamides is 1. The summed E-state index contributed by atoms with van der Waals surface area (Å²) in [4.78, 5) is 13.7. The molecular weight excluding hydrogens is 356 g/mol. The zero-order chi connectivity index (χ0) is 17.9. The monoisotopic (exact) mass is 378 g/mol. The Labute approximate surface area is 152 Å². The number of piperidine rings is 1. The number of nitrogens with zero attached hydrogens (tertiary/aromatic N) is 1. The number of nitrogens with one attached hydrogen (secondary N) is 1. The molecule has 1 atom stereocenters. The molecule has 0 radical (unpaired) electrons. The SMILES string of the molecule is C[C@@H](NC(=O)c1cccc(S(=O)(=O)N2CCCCC2)c1)c1cccs1. The van der Waals surface area contributed by atoms with Crippen molar-refractivity contribution in [2.75, 3.05) is 13.1 Å². The summed E-state index contributed by atoms with van der Waals surface area (Å²) in [5.74, 6) is -0.267. The van der Waals surface area contributed by atoms with Gasteiger partial charge in [0, 0.05) is 23.5 Å². The van der Waals surface area contributed by atoms with Gasteiger partial charge in [0.05, 0.1) is 10.9 Å². The Morgan fingerprint density at radius 2 is 1.92 bits per heavy atom. The standard InChI is InChI=1S/C18H22N2O3S2/c1-14(17-9-6-12-24-17)19-18(21)15-7-5-8-16(13-15)25(22,23)20-10-3-2-4-11-20/h5-9,12-14H,2-4,10-11H2,1H3,(H,19,21)/t14-/m1/s1. The summed E-state index contributed by atoms with van der Waals surface area (Å²) in [5.41, 5.74) is 0.362. The predicted octanol–water partition coefficient (Wildman–Crippen LogP) is 3.41. The fourth-order valence-electron chi connectivity index (χ4n) is 2.94. The summed E-state index contributed by atoms with van der Waals surface area (Å²) in [6.45, 7) is 3.01. The Morgan fingerprint density at radius 3 is 2.60 bits per heavy atom. The zero-order valence-corrected chi connectivity index (χ0v) is 15.8. The highest BCUT2D eigenvalue weighted by Crippen LogP contribution is 2.22. The van der Waals surface area contributed by atoms with Crippen LogP contribution in [0.4, 0.5) is 0 Å². The van der Waals surface area contributed by atoms with E-state index in [1.807, 2.05) is 24.4 Å². The van der Waals surface area contributed by atoms with Crippen LogP contribution in [0.1, 0.15) is 47.5 Å². The Morgan fingerprint density at radius 1 is 1.16 bits per heavy atom. The first-order valence-corrected chi connectivity index (χ1v) is 10.7. The first kappa shape index (κ1) is 18.1. The summed E-state index contributed by atoms with van der Waals surface area (Å²) in [7, 11) is -3.53. The number of hydrogen-bond acceptors (Lipinski definition) is 4. The van der Waals surface area contributed by atoms with E-state index in [9.17, 15) is 13.2 Å². The molecule has 134 valence electrons. The first-order chi connectivity index (χ1) is 12.0. The van der Waals surface area contributed by atoms with E-state index in [-0.39, 0.29) is 16.8 Å². The van der Waals surface area contributed by atoms with Gasteiger partial charge in [0.15, 0.2) is 0 Å². The summed E-state index contributed by atoms with van der Waals surface area (Å²) in [6.07, 6.45) is 2.84. The number of amides is 1. The van der Waals surface area contributed by atoms with Gasteiger partial charge in [-0.1, -0.05) is 18.6 Å². The number of thiophene rings is 1. The molecule has 1 N–H and O–H groups in total. The average molecular weight is 379 g/mol. The third-order valence-corrected chi connectivity index (χ3v) is 7.32. The van der Waals surface area contributed by atoms with E-state index in [1.54, 1.807) is 29.5 Å². The predicted molar refractivity (Wildman–Crippen MR) is 99.3 cm³/mol. The molecule has 5 nitrogen and oxygen atoms in total. The smallest absolute Gasteiger partial charge is 0.251 e. The lowest BCUT2D eigenvalue weighted by atomic mass is 10.2. The molecule has 1 fully saturated rings. The lowest BCUT2D eigenvalue weighted by molar-refractivity contribution is 0.0940. The van der Waals surface area contributed by atoms with Crippen molar-refractivity contribution in [3.05, 3.63) is 52.2 Å². The van der Waals surface area contributed by atoms with Gasteiger partial charge in [-0.15, -0.1) is 11.3 Å². The van der Waals surface area contributed by atoms with Crippen molar-refractivity contribution in [3.8, 4) is 0 Å². The van der Waals surface area contributed by atoms with Crippen LogP contribution in [0.25, 0.3) is 0 Å². The van der Waals surface area contributed by atoms with Crippen molar-refractivity contribution < 1.29 is 13.2 Å². The van der Waals surface area contributed by atoms with E-state index in [0.29, 0.717) is 18.7 Å². The molecule has 1 saturated heterocycles. The van der Waals surface area contributed by atoms with E-state index in [4.69, 9.17) is 0 Å². The van der Waals surface area contributed by atoms with Crippen molar-refractivity contribution in [1.29, 1.82) is 0 Å². The maximum Gasteiger partial charge on any atom is 0.251 e. The molecule has 0 saturated carbocycles. The van der Waals surface area contributed by atoms with Crippen LogP contribution in [0.5, 0.6) is 0 Å². The van der Waals surface area contributed by atoms with Crippen LogP contribution >= 0.6 is 11.3 Å². The second-order valence-corrected chi connectivity index (χ2v) is 9.12. The first-order valence-electron chi connectivity index (χ1n) is 8.43. The molecule has 0 aliphatic carbocycles. The molecule has 3 rings (SSSR count). The summed E-state index contributed by atoms with van der Waals surface area (Å²) < 4.78 is 27.0. The molecule has 2 heterocycles. The molecule has 2 aromatic rings. The summed E-state index contributed by atoms with van der Waals surface area (Å²) in [6, 6.07) is 10.1. The van der Waals surface area contributed by atoms with Crippen LogP contribution in [0, 0.1) is 0 Å². The molecule has 25 heavy (non-hydrogen) atoms. The Kier molecular flexibility index (Phi) is 5.56. The average Bonchev–Trinajstić information content (AvgIpc) is 3.17. The molecule has 7 heteroatoms. The van der Waals surface area contributed by atoms with Crippen LogP contribution in [0.2, 0.25) is 0 Å². The Hall–Kier alpha value is -1.70. The van der Waals surface area contributed by atoms with Crippen molar-refractivity contribution in [2.45, 2.75) is 37.1 Å². The van der Waals surface area contributed by atoms with Crippen LogP contribution in [-0.2, 0) is 10.0 Å². The maximum absolute atomic E-state index is 12.8. The molecule has 1 aliphatic heterocycles. The van der Waals surface area contributed by atoms with Gasteiger partial charge in [-0.25, -0.2) is 8.42 Å². The Bertz CT molecular complexity index is 826. The van der Waals surface area contributed by atoms with Crippen molar-refractivity contribution in [3.63, 3.8) is 0 Å². The third-order valence-electron chi connectivity index (χ3n) is 4.37. The lowest BCUT2D eigenvalue weighted by Crippen LogP contribution is -2.35. The highest BCUT2D eigenvalue weighted by Gasteiger charge is 2.26. The van der Waals surface area contributed by atoms with Crippen LogP contribution < -0.4 is 5.32 Å². The highest BCUT2D eigenvalue weighted by atomic mass is 32.2. The lowest BCUT2D eigenvalue weighted by Gasteiger charge is -2.26. The number of carbonyl (C=O) groups is 1. The molecular formula is C18H22N2O3S2. The highest BCUT2D eigenvalue weighted by molar-refractivity contribution is 7.89. The van der Waals surface area contributed by atoms with Crippen LogP contribution in [0.15, 0.2) is 46.7 Å². The summed E-state index contributed by atoms with van der Waals surface area (Å²) >= 11 is 1.58. The van der Waals surface area contributed by atoms with Crippen LogP contribution in [-0.4, -0.2) is 31.7 Å². The van der Waals surface area contributed by atoms with Gasteiger partial charge in [0.25, 0.3) is 5.91 Å². The van der Waals surface area contributed by atoms with E-state index in [1.165, 1.54) is 10.4 Å². The minimum atomic E-state index is -3.53. The van der Waals surface area contributed by atoms with Crippen molar-refractivity contribution >= 4 is 27.3 Å². The van der Waals surface area contributed by atoms with Gasteiger partial charge in [-0.2, -0.15) is 4.31 Å². The van der Waals surface area contributed by atoms with E-state index in [2.05, 4.69) is 5.32 Å². The van der Waals surface area contributed by atoms with Gasteiger partial charge in [0.1, 0.15) is 0 Å². The number of rotatable bonds is 5. The second kappa shape index (κ2) is 7.68. The fourth-order valence-corrected chi connectivity index (χ4v) is 5.24. The third kappa shape index (κ3) is 4.11. The van der Waals surface area contributed by atoms with Gasteiger partial charge < -0.3 is 5.32 Å². The molecule has 1 amide bonds. The molecule has 0 bridgehead atoms. The van der Waals surface area contributed by atoms with E-state index in [0.717, 1.165) is 24.1 Å². The minimum absolute atomic E-state index is 0.116. The van der Waals surface area contributed by atoms with Crippen molar-refractivity contribution in [1.82, 2.24) is 9.62 Å². The van der Waals surface area contributed by atoms with E-state index >= 15 is 0 Å². The summed E-state index contributed by atoms with van der Waals surface area (Å²) in [5, 5.41) is 4.88.